The Morgan fingerprint density at radius 2 is 1.19 bits per heavy atom. The number of ether oxygens (including phenoxy) is 1. The Balaban J connectivity index is 2.13. The number of nitrogens with zero attached hydrogens (tertiary/aromatic N) is 1. The first-order valence-electron chi connectivity index (χ1n) is 11.1. The summed E-state index contributed by atoms with van der Waals surface area (Å²) >= 11 is 0. The number of esters is 1. The van der Waals surface area contributed by atoms with Crippen molar-refractivity contribution in [2.75, 3.05) is 13.7 Å². The standard InChI is InChI=1S/C26H26FNO7S2/c1-26(2,27)23(24(29)19-14-16-20(17-15-19)25(30)35-3)18-28(36(31,32)21-10-6-4-7-11-21)37(33,34)22-12-8-5-9-13-22/h4-17,23H,18H2,1-3H3. The van der Waals surface area contributed by atoms with E-state index in [1.54, 1.807) is 12.1 Å². The minimum atomic E-state index is -4.73. The molecule has 0 aliphatic carbocycles. The molecule has 0 N–H and O–H groups in total. The largest absolute Gasteiger partial charge is 0.465 e. The Kier molecular flexibility index (Phi) is 8.31. The van der Waals surface area contributed by atoms with Crippen LogP contribution in [0.15, 0.2) is 94.7 Å². The maximum absolute atomic E-state index is 15.5. The number of sulfonamides is 2. The smallest absolute Gasteiger partial charge is 0.337 e. The molecule has 0 saturated carbocycles. The summed E-state index contributed by atoms with van der Waals surface area (Å²) in [7, 11) is -8.28. The van der Waals surface area contributed by atoms with Gasteiger partial charge in [0.15, 0.2) is 5.78 Å². The molecule has 0 fully saturated rings. The molecule has 11 heteroatoms. The van der Waals surface area contributed by atoms with Crippen molar-refractivity contribution in [1.82, 2.24) is 3.71 Å². The van der Waals surface area contributed by atoms with Gasteiger partial charge in [-0.3, -0.25) is 4.79 Å². The predicted molar refractivity (Wildman–Crippen MR) is 135 cm³/mol. The molecule has 0 saturated heterocycles. The van der Waals surface area contributed by atoms with Crippen molar-refractivity contribution in [2.24, 2.45) is 5.92 Å². The second-order valence-corrected chi connectivity index (χ2v) is 12.6. The first-order chi connectivity index (χ1) is 17.3. The zero-order valence-electron chi connectivity index (χ0n) is 20.4. The van der Waals surface area contributed by atoms with E-state index in [-0.39, 0.29) is 24.6 Å². The fourth-order valence-electron chi connectivity index (χ4n) is 3.60. The Morgan fingerprint density at radius 1 is 0.784 bits per heavy atom. The zero-order valence-corrected chi connectivity index (χ0v) is 22.0. The van der Waals surface area contributed by atoms with Crippen molar-refractivity contribution in [3.8, 4) is 0 Å². The molecule has 1 atom stereocenters. The number of alkyl halides is 1. The van der Waals surface area contributed by atoms with Gasteiger partial charge in [0, 0.05) is 12.1 Å². The molecule has 0 aromatic heterocycles. The van der Waals surface area contributed by atoms with Gasteiger partial charge in [-0.1, -0.05) is 52.2 Å². The van der Waals surface area contributed by atoms with Crippen LogP contribution in [0.4, 0.5) is 4.39 Å². The summed E-state index contributed by atoms with van der Waals surface area (Å²) < 4.78 is 74.6. The number of hydrogen-bond donors (Lipinski definition) is 0. The number of carbonyl (C=O) groups is 2. The minimum Gasteiger partial charge on any atom is -0.465 e. The summed E-state index contributed by atoms with van der Waals surface area (Å²) in [4.78, 5) is 24.5. The lowest BCUT2D eigenvalue weighted by Gasteiger charge is -2.31. The molecule has 0 aliphatic heterocycles. The highest BCUT2D eigenvalue weighted by Crippen LogP contribution is 2.32. The highest BCUT2D eigenvalue weighted by molar-refractivity contribution is 8.04. The van der Waals surface area contributed by atoms with Gasteiger partial charge in [0.2, 0.25) is 0 Å². The van der Waals surface area contributed by atoms with Gasteiger partial charge in [0.05, 0.1) is 28.4 Å². The Hall–Kier alpha value is -3.41. The molecule has 3 aromatic carbocycles. The first-order valence-corrected chi connectivity index (χ1v) is 14.0. The Bertz CT molecular complexity index is 1400. The van der Waals surface area contributed by atoms with E-state index in [0.717, 1.165) is 13.8 Å². The summed E-state index contributed by atoms with van der Waals surface area (Å²) in [6, 6.07) is 18.8. The molecule has 0 spiro atoms. The number of halogens is 1. The molecule has 8 nitrogen and oxygen atoms in total. The molecule has 0 aliphatic rings. The zero-order chi connectivity index (χ0) is 27.4. The predicted octanol–water partition coefficient (Wildman–Crippen LogP) is 4.10. The average Bonchev–Trinajstić information content (AvgIpc) is 2.88. The van der Waals surface area contributed by atoms with Crippen LogP contribution in [0.1, 0.15) is 34.6 Å². The van der Waals surface area contributed by atoms with Crippen molar-refractivity contribution < 1.29 is 35.6 Å². The number of methoxy groups -OCH3 is 1. The summed E-state index contributed by atoms with van der Waals surface area (Å²) in [6.45, 7) is 1.15. The van der Waals surface area contributed by atoms with E-state index < -0.39 is 49.9 Å². The first kappa shape index (κ1) is 28.2. The molecular weight excluding hydrogens is 521 g/mol. The monoisotopic (exact) mass is 547 g/mol. The average molecular weight is 548 g/mol. The van der Waals surface area contributed by atoms with Gasteiger partial charge in [-0.15, -0.1) is 0 Å². The number of carbonyl (C=O) groups excluding carboxylic acids is 2. The number of benzene rings is 3. The fourth-order valence-corrected chi connectivity index (χ4v) is 7.31. The van der Waals surface area contributed by atoms with Crippen LogP contribution in [-0.4, -0.2) is 51.6 Å². The summed E-state index contributed by atoms with van der Waals surface area (Å²) in [5, 5.41) is 0. The van der Waals surface area contributed by atoms with Gasteiger partial charge in [0.1, 0.15) is 5.67 Å². The van der Waals surface area contributed by atoms with E-state index in [2.05, 4.69) is 4.74 Å². The topological polar surface area (TPSA) is 115 Å². The molecule has 196 valence electrons. The van der Waals surface area contributed by atoms with Gasteiger partial charge in [-0.2, -0.15) is 0 Å². The normalized spacial score (nSPS) is 13.2. The molecule has 0 amide bonds. The van der Waals surface area contributed by atoms with Crippen LogP contribution in [0.5, 0.6) is 0 Å². The van der Waals surface area contributed by atoms with Gasteiger partial charge in [0.25, 0.3) is 20.0 Å². The molecule has 0 radical (unpaired) electrons. The molecule has 0 bridgehead atoms. The van der Waals surface area contributed by atoms with Crippen LogP contribution < -0.4 is 0 Å². The van der Waals surface area contributed by atoms with Crippen LogP contribution in [0.25, 0.3) is 0 Å². The van der Waals surface area contributed by atoms with E-state index in [1.807, 2.05) is 0 Å². The third kappa shape index (κ3) is 6.12. The Morgan fingerprint density at radius 3 is 1.57 bits per heavy atom. The van der Waals surface area contributed by atoms with Crippen molar-refractivity contribution in [3.05, 3.63) is 96.1 Å². The SMILES string of the molecule is COC(=O)c1ccc(C(=O)C(CN(S(=O)(=O)c2ccccc2)S(=O)(=O)c2ccccc2)C(C)(C)F)cc1. The lowest BCUT2D eigenvalue weighted by Crippen LogP contribution is -2.47. The van der Waals surface area contributed by atoms with Crippen molar-refractivity contribution in [2.45, 2.75) is 29.3 Å². The van der Waals surface area contributed by atoms with E-state index in [1.165, 1.54) is 79.9 Å². The van der Waals surface area contributed by atoms with Crippen molar-refractivity contribution in [3.63, 3.8) is 0 Å². The molecule has 0 heterocycles. The second-order valence-electron chi connectivity index (χ2n) is 8.64. The number of rotatable bonds is 10. The Labute approximate surface area is 215 Å². The van der Waals surface area contributed by atoms with Crippen LogP contribution >= 0.6 is 0 Å². The summed E-state index contributed by atoms with van der Waals surface area (Å²) in [5.74, 6) is -3.19. The third-order valence-corrected chi connectivity index (χ3v) is 9.97. The van der Waals surface area contributed by atoms with Crippen LogP contribution in [-0.2, 0) is 24.8 Å². The van der Waals surface area contributed by atoms with Gasteiger partial charge >= 0.3 is 5.97 Å². The molecule has 1 unspecified atom stereocenters. The van der Waals surface area contributed by atoms with E-state index in [0.29, 0.717) is 0 Å². The lowest BCUT2D eigenvalue weighted by molar-refractivity contribution is 0.0598. The highest BCUT2D eigenvalue weighted by atomic mass is 32.3. The molecular formula is C26H26FNO7S2. The highest BCUT2D eigenvalue weighted by Gasteiger charge is 2.45. The van der Waals surface area contributed by atoms with Gasteiger partial charge in [-0.25, -0.2) is 26.0 Å². The number of hydrogen-bond acceptors (Lipinski definition) is 7. The fraction of sp³-hybridized carbons (Fsp3) is 0.231. The third-order valence-electron chi connectivity index (χ3n) is 5.69. The van der Waals surface area contributed by atoms with Crippen LogP contribution in [0.3, 0.4) is 0 Å². The van der Waals surface area contributed by atoms with E-state index >= 15 is 4.39 Å². The summed E-state index contributed by atoms with van der Waals surface area (Å²) in [5.41, 5.74) is -2.21. The molecule has 37 heavy (non-hydrogen) atoms. The van der Waals surface area contributed by atoms with Crippen molar-refractivity contribution >= 4 is 31.8 Å². The van der Waals surface area contributed by atoms with E-state index in [4.69, 9.17) is 0 Å². The maximum atomic E-state index is 15.5. The summed E-state index contributed by atoms with van der Waals surface area (Å²) in [6.07, 6.45) is 0. The van der Waals surface area contributed by atoms with Gasteiger partial charge < -0.3 is 4.74 Å². The van der Waals surface area contributed by atoms with Crippen molar-refractivity contribution in [1.29, 1.82) is 0 Å². The number of ketones is 1. The van der Waals surface area contributed by atoms with Crippen LogP contribution in [0, 0.1) is 5.92 Å². The number of Topliss-reactive ketones (excluding diaryl/α,β-unsaturated/α-hetero) is 1. The molecule has 3 aromatic rings. The van der Waals surface area contributed by atoms with Crippen LogP contribution in [0.2, 0.25) is 0 Å². The second kappa shape index (κ2) is 10.9. The minimum absolute atomic E-state index is 0.0300. The van der Waals surface area contributed by atoms with E-state index in [9.17, 15) is 26.4 Å². The quantitative estimate of drug-likeness (QED) is 0.277. The van der Waals surface area contributed by atoms with Gasteiger partial charge in [-0.05, 0) is 50.2 Å². The maximum Gasteiger partial charge on any atom is 0.337 e. The lowest BCUT2D eigenvalue weighted by atomic mass is 9.85. The molecule has 3 rings (SSSR count).